The van der Waals surface area contributed by atoms with Crippen LogP contribution in [0.1, 0.15) is 22.3 Å². The van der Waals surface area contributed by atoms with E-state index in [9.17, 15) is 0 Å². The number of benzene rings is 1. The summed E-state index contributed by atoms with van der Waals surface area (Å²) >= 11 is 0. The summed E-state index contributed by atoms with van der Waals surface area (Å²) in [6, 6.07) is 10.9. The van der Waals surface area contributed by atoms with Crippen molar-refractivity contribution in [1.82, 2.24) is 10.3 Å². The second-order valence-corrected chi connectivity index (χ2v) is 5.36. The summed E-state index contributed by atoms with van der Waals surface area (Å²) in [6.45, 7) is 5.96. The van der Waals surface area contributed by atoms with Crippen molar-refractivity contribution < 1.29 is 0 Å². The maximum absolute atomic E-state index is 4.60. The minimum atomic E-state index is 0.857. The first-order valence-corrected chi connectivity index (χ1v) is 6.97. The zero-order valence-electron chi connectivity index (χ0n) is 12.8. The van der Waals surface area contributed by atoms with E-state index in [0.29, 0.717) is 0 Å². The van der Waals surface area contributed by atoms with E-state index < -0.39 is 0 Å². The third kappa shape index (κ3) is 3.58. The summed E-state index contributed by atoms with van der Waals surface area (Å²) in [5.41, 5.74) is 5.03. The highest BCUT2D eigenvalue weighted by atomic mass is 15.2. The van der Waals surface area contributed by atoms with Gasteiger partial charge < -0.3 is 10.2 Å². The largest absolute Gasteiger partial charge is 0.355 e. The molecule has 0 atom stereocenters. The van der Waals surface area contributed by atoms with Gasteiger partial charge in [-0.15, -0.1) is 0 Å². The number of aryl methyl sites for hydroxylation is 2. The topological polar surface area (TPSA) is 28.2 Å². The molecule has 0 aliphatic carbocycles. The monoisotopic (exact) mass is 269 g/mol. The Kier molecular flexibility index (Phi) is 4.74. The molecule has 1 N–H and O–H groups in total. The molecule has 0 fully saturated rings. The number of aromatic nitrogens is 1. The van der Waals surface area contributed by atoms with Crippen molar-refractivity contribution in [1.29, 1.82) is 0 Å². The van der Waals surface area contributed by atoms with E-state index >= 15 is 0 Å². The van der Waals surface area contributed by atoms with Gasteiger partial charge in [-0.2, -0.15) is 0 Å². The van der Waals surface area contributed by atoms with Gasteiger partial charge in [-0.05, 0) is 43.7 Å². The van der Waals surface area contributed by atoms with Gasteiger partial charge in [0.2, 0.25) is 0 Å². The molecule has 0 radical (unpaired) electrons. The van der Waals surface area contributed by atoms with Crippen LogP contribution in [0.25, 0.3) is 0 Å². The molecule has 3 heteroatoms. The first kappa shape index (κ1) is 14.5. The van der Waals surface area contributed by atoms with Gasteiger partial charge in [-0.1, -0.05) is 29.8 Å². The van der Waals surface area contributed by atoms with Crippen LogP contribution in [0.4, 0.5) is 5.82 Å². The zero-order valence-corrected chi connectivity index (χ0v) is 12.8. The SMILES string of the molecule is CNCc1cnc(N(C)Cc2ccc(C)cc2)c(C)c1. The quantitative estimate of drug-likeness (QED) is 0.904. The first-order chi connectivity index (χ1) is 9.60. The standard InChI is InChI=1S/C17H23N3/c1-13-5-7-15(8-6-13)12-20(4)17-14(2)9-16(10-18-3)11-19-17/h5-9,11,18H,10,12H2,1-4H3. The number of rotatable bonds is 5. The van der Waals surface area contributed by atoms with Crippen LogP contribution < -0.4 is 10.2 Å². The molecule has 0 saturated carbocycles. The Hall–Kier alpha value is -1.87. The molecule has 0 aliphatic heterocycles. The maximum atomic E-state index is 4.60. The molecule has 0 spiro atoms. The molecule has 1 heterocycles. The average molecular weight is 269 g/mol. The highest BCUT2D eigenvalue weighted by Gasteiger charge is 2.07. The van der Waals surface area contributed by atoms with Gasteiger partial charge in [0.25, 0.3) is 0 Å². The molecule has 20 heavy (non-hydrogen) atoms. The fraction of sp³-hybridized carbons (Fsp3) is 0.353. The van der Waals surface area contributed by atoms with Crippen molar-refractivity contribution in [3.8, 4) is 0 Å². The predicted octanol–water partition coefficient (Wildman–Crippen LogP) is 3.05. The molecule has 3 nitrogen and oxygen atoms in total. The van der Waals surface area contributed by atoms with Crippen molar-refractivity contribution in [3.63, 3.8) is 0 Å². The van der Waals surface area contributed by atoms with E-state index in [-0.39, 0.29) is 0 Å². The minimum absolute atomic E-state index is 0.857. The van der Waals surface area contributed by atoms with Crippen LogP contribution in [0.5, 0.6) is 0 Å². The van der Waals surface area contributed by atoms with Gasteiger partial charge in [-0.3, -0.25) is 0 Å². The second-order valence-electron chi connectivity index (χ2n) is 5.36. The van der Waals surface area contributed by atoms with E-state index in [2.05, 4.69) is 66.4 Å². The molecule has 0 unspecified atom stereocenters. The molecule has 2 rings (SSSR count). The van der Waals surface area contributed by atoms with Crippen LogP contribution in [0, 0.1) is 13.8 Å². The number of hydrogen-bond donors (Lipinski definition) is 1. The second kappa shape index (κ2) is 6.53. The number of nitrogens with one attached hydrogen (secondary N) is 1. The molecule has 0 aliphatic rings. The fourth-order valence-corrected chi connectivity index (χ4v) is 2.37. The zero-order chi connectivity index (χ0) is 14.5. The van der Waals surface area contributed by atoms with Crippen molar-refractivity contribution in [3.05, 3.63) is 58.8 Å². The third-order valence-corrected chi connectivity index (χ3v) is 3.39. The van der Waals surface area contributed by atoms with Crippen molar-refractivity contribution in [2.45, 2.75) is 26.9 Å². The van der Waals surface area contributed by atoms with Gasteiger partial charge in [0.05, 0.1) is 0 Å². The lowest BCUT2D eigenvalue weighted by atomic mass is 10.1. The minimum Gasteiger partial charge on any atom is -0.355 e. The Morgan fingerprint density at radius 1 is 1.10 bits per heavy atom. The molecule has 1 aromatic carbocycles. The van der Waals surface area contributed by atoms with Crippen LogP contribution in [0.2, 0.25) is 0 Å². The van der Waals surface area contributed by atoms with Gasteiger partial charge >= 0.3 is 0 Å². The molecule has 2 aromatic rings. The van der Waals surface area contributed by atoms with Crippen LogP contribution in [0.3, 0.4) is 0 Å². The van der Waals surface area contributed by atoms with Crippen LogP contribution in [-0.2, 0) is 13.1 Å². The number of nitrogens with zero attached hydrogens (tertiary/aromatic N) is 2. The summed E-state index contributed by atoms with van der Waals surface area (Å²) in [5.74, 6) is 1.05. The molecular formula is C17H23N3. The lowest BCUT2D eigenvalue weighted by molar-refractivity contribution is 0.807. The summed E-state index contributed by atoms with van der Waals surface area (Å²) in [4.78, 5) is 6.79. The van der Waals surface area contributed by atoms with E-state index in [0.717, 1.165) is 18.9 Å². The normalized spacial score (nSPS) is 10.6. The van der Waals surface area contributed by atoms with Gasteiger partial charge in [-0.25, -0.2) is 4.98 Å². The highest BCUT2D eigenvalue weighted by molar-refractivity contribution is 5.47. The van der Waals surface area contributed by atoms with Crippen molar-refractivity contribution in [2.75, 3.05) is 19.0 Å². The summed E-state index contributed by atoms with van der Waals surface area (Å²) in [7, 11) is 4.04. The van der Waals surface area contributed by atoms with E-state index in [1.54, 1.807) is 0 Å². The molecule has 0 amide bonds. The highest BCUT2D eigenvalue weighted by Crippen LogP contribution is 2.19. The van der Waals surface area contributed by atoms with Crippen molar-refractivity contribution in [2.24, 2.45) is 0 Å². The van der Waals surface area contributed by atoms with Gasteiger partial charge in [0, 0.05) is 26.3 Å². The van der Waals surface area contributed by atoms with E-state index in [1.807, 2.05) is 13.2 Å². The van der Waals surface area contributed by atoms with Crippen molar-refractivity contribution >= 4 is 5.82 Å². The van der Waals surface area contributed by atoms with E-state index in [4.69, 9.17) is 0 Å². The summed E-state index contributed by atoms with van der Waals surface area (Å²) < 4.78 is 0. The molecular weight excluding hydrogens is 246 g/mol. The van der Waals surface area contributed by atoms with E-state index in [1.165, 1.54) is 22.3 Å². The Balaban J connectivity index is 2.12. The first-order valence-electron chi connectivity index (χ1n) is 6.97. The Morgan fingerprint density at radius 3 is 2.40 bits per heavy atom. The summed E-state index contributed by atoms with van der Waals surface area (Å²) in [5, 5.41) is 3.15. The summed E-state index contributed by atoms with van der Waals surface area (Å²) in [6.07, 6.45) is 1.95. The molecule has 0 bridgehead atoms. The number of anilines is 1. The average Bonchev–Trinajstić information content (AvgIpc) is 2.42. The maximum Gasteiger partial charge on any atom is 0.131 e. The van der Waals surface area contributed by atoms with Crippen LogP contribution in [0.15, 0.2) is 36.5 Å². The smallest absolute Gasteiger partial charge is 0.131 e. The fourth-order valence-electron chi connectivity index (χ4n) is 2.37. The molecule has 0 saturated heterocycles. The van der Waals surface area contributed by atoms with Gasteiger partial charge in [0.15, 0.2) is 0 Å². The molecule has 106 valence electrons. The Bertz CT molecular complexity index is 561. The predicted molar refractivity (Wildman–Crippen MR) is 85.0 cm³/mol. The van der Waals surface area contributed by atoms with Gasteiger partial charge in [0.1, 0.15) is 5.82 Å². The third-order valence-electron chi connectivity index (χ3n) is 3.39. The lowest BCUT2D eigenvalue weighted by Crippen LogP contribution is -2.19. The van der Waals surface area contributed by atoms with Crippen LogP contribution in [-0.4, -0.2) is 19.1 Å². The van der Waals surface area contributed by atoms with Crippen LogP contribution >= 0.6 is 0 Å². The Labute approximate surface area is 121 Å². The number of hydrogen-bond acceptors (Lipinski definition) is 3. The Morgan fingerprint density at radius 2 is 1.80 bits per heavy atom. The number of pyridine rings is 1. The molecule has 1 aromatic heterocycles. The lowest BCUT2D eigenvalue weighted by Gasteiger charge is -2.21.